The second kappa shape index (κ2) is 10.7. The SMILES string of the molecule is COc1cc2ncnc(Nc3ccc(F)c(Cl)c3F)c2cc1OC1CCN(CC(C)C(C)=O)CC1. The largest absolute Gasteiger partial charge is 0.493 e. The van der Waals surface area contributed by atoms with Crippen molar-refractivity contribution in [2.24, 2.45) is 5.92 Å². The van der Waals surface area contributed by atoms with Crippen LogP contribution in [0.3, 0.4) is 0 Å². The molecule has 1 fully saturated rings. The lowest BCUT2D eigenvalue weighted by Crippen LogP contribution is -2.41. The number of halogens is 3. The highest BCUT2D eigenvalue weighted by Crippen LogP contribution is 2.37. The number of fused-ring (bicyclic) bond motifs is 1. The number of likely N-dealkylation sites (tertiary alicyclic amines) is 1. The maximum Gasteiger partial charge on any atom is 0.168 e. The summed E-state index contributed by atoms with van der Waals surface area (Å²) in [7, 11) is 1.55. The number of carbonyl (C=O) groups is 1. The van der Waals surface area contributed by atoms with E-state index in [1.807, 2.05) is 6.92 Å². The minimum absolute atomic E-state index is 0.0122. The van der Waals surface area contributed by atoms with E-state index in [0.29, 0.717) is 28.2 Å². The van der Waals surface area contributed by atoms with Crippen LogP contribution in [-0.2, 0) is 4.79 Å². The van der Waals surface area contributed by atoms with Crippen LogP contribution in [0.4, 0.5) is 20.3 Å². The summed E-state index contributed by atoms with van der Waals surface area (Å²) in [5, 5.41) is 2.86. The maximum absolute atomic E-state index is 14.5. The van der Waals surface area contributed by atoms with Gasteiger partial charge < -0.3 is 19.7 Å². The van der Waals surface area contributed by atoms with Crippen molar-refractivity contribution in [2.45, 2.75) is 32.8 Å². The molecule has 4 rings (SSSR count). The number of piperidine rings is 1. The van der Waals surface area contributed by atoms with E-state index in [-0.39, 0.29) is 23.5 Å². The lowest BCUT2D eigenvalue weighted by molar-refractivity contribution is -0.120. The molecule has 2 heterocycles. The predicted molar refractivity (Wildman–Crippen MR) is 131 cm³/mol. The van der Waals surface area contributed by atoms with E-state index in [1.165, 1.54) is 12.4 Å². The molecule has 10 heteroatoms. The third-order valence-electron chi connectivity index (χ3n) is 6.26. The number of rotatable bonds is 8. The number of anilines is 2. The Kier molecular flexibility index (Phi) is 7.66. The highest BCUT2D eigenvalue weighted by molar-refractivity contribution is 6.31. The van der Waals surface area contributed by atoms with E-state index >= 15 is 0 Å². The van der Waals surface area contributed by atoms with E-state index in [0.717, 1.165) is 38.5 Å². The monoisotopic (exact) mass is 504 g/mol. The summed E-state index contributed by atoms with van der Waals surface area (Å²) < 4.78 is 39.9. The van der Waals surface area contributed by atoms with Gasteiger partial charge in [-0.2, -0.15) is 0 Å². The van der Waals surface area contributed by atoms with E-state index in [2.05, 4.69) is 20.2 Å². The smallest absolute Gasteiger partial charge is 0.168 e. The van der Waals surface area contributed by atoms with Gasteiger partial charge in [-0.25, -0.2) is 18.7 Å². The normalized spacial score (nSPS) is 15.7. The number of nitrogens with one attached hydrogen (secondary N) is 1. The molecule has 1 aromatic heterocycles. The molecule has 1 atom stereocenters. The van der Waals surface area contributed by atoms with Crippen LogP contribution in [0.25, 0.3) is 10.9 Å². The fraction of sp³-hybridized carbons (Fsp3) is 0.400. The van der Waals surface area contributed by atoms with Crippen LogP contribution < -0.4 is 14.8 Å². The van der Waals surface area contributed by atoms with E-state index in [9.17, 15) is 13.6 Å². The standard InChI is InChI=1S/C25H27ClF2N4O3/c1-14(15(2)33)12-32-8-6-16(7-9-32)35-22-10-17-20(11-21(22)34-3)29-13-30-25(17)31-19-5-4-18(27)23(26)24(19)28/h4-5,10-11,13-14,16H,6-9,12H2,1-3H3,(H,29,30,31). The van der Waals surface area contributed by atoms with Crippen LogP contribution in [0.15, 0.2) is 30.6 Å². The van der Waals surface area contributed by atoms with Gasteiger partial charge in [0.1, 0.15) is 34.9 Å². The lowest BCUT2D eigenvalue weighted by atomic mass is 10.0. The highest BCUT2D eigenvalue weighted by atomic mass is 35.5. The molecule has 35 heavy (non-hydrogen) atoms. The Morgan fingerprint density at radius 3 is 2.66 bits per heavy atom. The van der Waals surface area contributed by atoms with Crippen molar-refractivity contribution in [2.75, 3.05) is 32.1 Å². The molecule has 2 aromatic carbocycles. The molecule has 0 saturated carbocycles. The summed E-state index contributed by atoms with van der Waals surface area (Å²) in [6.07, 6.45) is 2.92. The molecular weight excluding hydrogens is 478 g/mol. The Morgan fingerprint density at radius 1 is 1.23 bits per heavy atom. The molecule has 1 N–H and O–H groups in total. The fourth-order valence-electron chi connectivity index (χ4n) is 4.07. The van der Waals surface area contributed by atoms with Crippen molar-refractivity contribution in [1.29, 1.82) is 0 Å². The number of benzene rings is 2. The zero-order valence-corrected chi connectivity index (χ0v) is 20.5. The van der Waals surface area contributed by atoms with Crippen molar-refractivity contribution in [1.82, 2.24) is 14.9 Å². The summed E-state index contributed by atoms with van der Waals surface area (Å²) in [6, 6.07) is 5.82. The first-order valence-corrected chi connectivity index (χ1v) is 11.8. The van der Waals surface area contributed by atoms with Crippen LogP contribution in [0.5, 0.6) is 11.5 Å². The lowest BCUT2D eigenvalue weighted by Gasteiger charge is -2.33. The molecule has 1 saturated heterocycles. The van der Waals surface area contributed by atoms with Gasteiger partial charge in [-0.1, -0.05) is 18.5 Å². The van der Waals surface area contributed by atoms with Crippen LogP contribution in [0, 0.1) is 17.6 Å². The molecular formula is C25H27ClF2N4O3. The number of carbonyl (C=O) groups excluding carboxylic acids is 1. The van der Waals surface area contributed by atoms with Gasteiger partial charge in [-0.3, -0.25) is 4.79 Å². The van der Waals surface area contributed by atoms with Gasteiger partial charge in [-0.05, 0) is 38.0 Å². The Bertz CT molecular complexity index is 1240. The molecule has 7 nitrogen and oxygen atoms in total. The molecule has 3 aromatic rings. The Balaban J connectivity index is 1.55. The first-order valence-electron chi connectivity index (χ1n) is 11.4. The van der Waals surface area contributed by atoms with Gasteiger partial charge in [0.2, 0.25) is 0 Å². The van der Waals surface area contributed by atoms with Crippen molar-refractivity contribution < 1.29 is 23.0 Å². The van der Waals surface area contributed by atoms with Crippen molar-refractivity contribution in [3.63, 3.8) is 0 Å². The second-order valence-corrected chi connectivity index (χ2v) is 9.10. The van der Waals surface area contributed by atoms with Gasteiger partial charge in [0.25, 0.3) is 0 Å². The Hall–Kier alpha value is -3.04. The summed E-state index contributed by atoms with van der Waals surface area (Å²) in [5.74, 6) is -0.189. The number of aromatic nitrogens is 2. The molecule has 186 valence electrons. The molecule has 0 aliphatic carbocycles. The summed E-state index contributed by atoms with van der Waals surface area (Å²) in [4.78, 5) is 22.4. The van der Waals surface area contributed by atoms with E-state index < -0.39 is 16.7 Å². The zero-order valence-electron chi connectivity index (χ0n) is 19.8. The van der Waals surface area contributed by atoms with Gasteiger partial charge in [0.15, 0.2) is 17.3 Å². The number of hydrogen-bond donors (Lipinski definition) is 1. The quantitative estimate of drug-likeness (QED) is 0.412. The number of ketones is 1. The maximum atomic E-state index is 14.5. The number of ether oxygens (including phenoxy) is 2. The Labute approximate surface area is 207 Å². The molecule has 0 amide bonds. The molecule has 1 aliphatic heterocycles. The molecule has 0 spiro atoms. The highest BCUT2D eigenvalue weighted by Gasteiger charge is 2.24. The van der Waals surface area contributed by atoms with Crippen molar-refractivity contribution >= 4 is 39.8 Å². The first kappa shape index (κ1) is 25.1. The third kappa shape index (κ3) is 5.62. The second-order valence-electron chi connectivity index (χ2n) is 8.72. The van der Waals surface area contributed by atoms with E-state index in [4.69, 9.17) is 21.1 Å². The number of nitrogens with zero attached hydrogens (tertiary/aromatic N) is 3. The van der Waals surface area contributed by atoms with Gasteiger partial charge >= 0.3 is 0 Å². The number of Topliss-reactive ketones (excluding diaryl/α,β-unsaturated/α-hetero) is 1. The Morgan fingerprint density at radius 2 is 1.97 bits per heavy atom. The topological polar surface area (TPSA) is 76.6 Å². The number of hydrogen-bond acceptors (Lipinski definition) is 7. The average molecular weight is 505 g/mol. The molecule has 1 unspecified atom stereocenters. The zero-order chi connectivity index (χ0) is 25.1. The van der Waals surface area contributed by atoms with Crippen molar-refractivity contribution in [3.8, 4) is 11.5 Å². The predicted octanol–water partition coefficient (Wildman–Crippen LogP) is 5.38. The minimum atomic E-state index is -0.908. The third-order valence-corrected chi connectivity index (χ3v) is 6.61. The van der Waals surface area contributed by atoms with Gasteiger partial charge in [-0.15, -0.1) is 0 Å². The van der Waals surface area contributed by atoms with Crippen LogP contribution in [0.2, 0.25) is 5.02 Å². The summed E-state index contributed by atoms with van der Waals surface area (Å²) in [5.41, 5.74) is 0.551. The fourth-order valence-corrected chi connectivity index (χ4v) is 4.24. The van der Waals surface area contributed by atoms with Crippen LogP contribution in [-0.4, -0.2) is 53.5 Å². The summed E-state index contributed by atoms with van der Waals surface area (Å²) in [6.45, 7) is 5.98. The number of methoxy groups -OCH3 is 1. The summed E-state index contributed by atoms with van der Waals surface area (Å²) >= 11 is 5.71. The molecule has 1 aliphatic rings. The first-order chi connectivity index (χ1) is 16.8. The minimum Gasteiger partial charge on any atom is -0.493 e. The molecule has 0 bridgehead atoms. The molecule has 0 radical (unpaired) electrons. The van der Waals surface area contributed by atoms with Crippen molar-refractivity contribution in [3.05, 3.63) is 47.2 Å². The van der Waals surface area contributed by atoms with Gasteiger partial charge in [0.05, 0.1) is 18.3 Å². The van der Waals surface area contributed by atoms with Crippen LogP contribution >= 0.6 is 11.6 Å². The van der Waals surface area contributed by atoms with E-state index in [1.54, 1.807) is 26.2 Å². The average Bonchev–Trinajstić information content (AvgIpc) is 2.85. The van der Waals surface area contributed by atoms with Gasteiger partial charge in [0, 0.05) is 37.0 Å². The van der Waals surface area contributed by atoms with Crippen LogP contribution in [0.1, 0.15) is 26.7 Å².